The lowest BCUT2D eigenvalue weighted by molar-refractivity contribution is 0.0685. The summed E-state index contributed by atoms with van der Waals surface area (Å²) < 4.78 is 26.0. The smallest absolute Gasteiger partial charge is 0.254 e. The number of likely N-dealkylation sites (tertiary alicyclic amines) is 1. The lowest BCUT2D eigenvalue weighted by Crippen LogP contribution is -2.39. The highest BCUT2D eigenvalue weighted by Gasteiger charge is 2.33. The number of hydrogen-bond acceptors (Lipinski definition) is 6. The monoisotopic (exact) mass is 458 g/mol. The number of rotatable bonds is 3. The van der Waals surface area contributed by atoms with Crippen LogP contribution < -0.4 is 0 Å². The van der Waals surface area contributed by atoms with Gasteiger partial charge in [-0.3, -0.25) is 4.79 Å². The lowest BCUT2D eigenvalue weighted by Gasteiger charge is -2.31. The molecule has 1 amide bonds. The fourth-order valence-electron chi connectivity index (χ4n) is 4.80. The van der Waals surface area contributed by atoms with Gasteiger partial charge in [0.2, 0.25) is 0 Å². The van der Waals surface area contributed by atoms with Gasteiger partial charge in [-0.25, -0.2) is 18.1 Å². The van der Waals surface area contributed by atoms with Gasteiger partial charge in [-0.15, -0.1) is 11.3 Å². The summed E-state index contributed by atoms with van der Waals surface area (Å²) in [6.07, 6.45) is 2.68. The first kappa shape index (κ1) is 20.6. The Balaban J connectivity index is 1.68. The molecule has 2 aliphatic rings. The fourth-order valence-corrected chi connectivity index (χ4v) is 7.18. The Morgan fingerprint density at radius 2 is 2.13 bits per heavy atom. The van der Waals surface area contributed by atoms with E-state index < -0.39 is 9.84 Å². The quantitative estimate of drug-likeness (QED) is 0.597. The van der Waals surface area contributed by atoms with Crippen molar-refractivity contribution in [3.63, 3.8) is 0 Å². The zero-order chi connectivity index (χ0) is 21.8. The van der Waals surface area contributed by atoms with Gasteiger partial charge in [-0.2, -0.15) is 5.10 Å². The van der Waals surface area contributed by atoms with Crippen LogP contribution in [0.25, 0.3) is 21.6 Å². The number of hydrogen-bond donors (Lipinski definition) is 0. The molecule has 164 valence electrons. The normalized spacial score (nSPS) is 23.5. The molecule has 2 fully saturated rings. The summed E-state index contributed by atoms with van der Waals surface area (Å²) in [6.45, 7) is 5.58. The van der Waals surface area contributed by atoms with Crippen LogP contribution in [-0.2, 0) is 9.84 Å². The summed E-state index contributed by atoms with van der Waals surface area (Å²) in [5.74, 6) is 0.735. The molecule has 0 spiro atoms. The van der Waals surface area contributed by atoms with Crippen molar-refractivity contribution in [2.45, 2.75) is 39.2 Å². The molecular weight excluding hydrogens is 432 g/mol. The zero-order valence-electron chi connectivity index (χ0n) is 17.7. The predicted molar refractivity (Wildman–Crippen MR) is 122 cm³/mol. The van der Waals surface area contributed by atoms with Crippen molar-refractivity contribution in [2.75, 3.05) is 24.6 Å². The van der Waals surface area contributed by atoms with Gasteiger partial charge in [0, 0.05) is 13.1 Å². The molecule has 0 aromatic carbocycles. The largest absolute Gasteiger partial charge is 0.338 e. The zero-order valence-corrected chi connectivity index (χ0v) is 19.4. The number of pyridine rings is 1. The molecule has 0 radical (unpaired) electrons. The van der Waals surface area contributed by atoms with Crippen LogP contribution in [0.5, 0.6) is 0 Å². The number of sulfone groups is 1. The number of carbonyl (C=O) groups excluding carboxylic acids is 1. The third-order valence-electron chi connectivity index (χ3n) is 6.34. The van der Waals surface area contributed by atoms with Gasteiger partial charge >= 0.3 is 0 Å². The average molecular weight is 459 g/mol. The van der Waals surface area contributed by atoms with E-state index >= 15 is 0 Å². The number of piperidine rings is 1. The van der Waals surface area contributed by atoms with Gasteiger partial charge in [0.05, 0.1) is 44.8 Å². The Labute approximate surface area is 186 Å². The SMILES string of the molecule is Cc1nn([C@@H]2CCS(=O)(=O)C2)c2nc(-c3cccs3)cc(C(=O)N3CCC[C@H](C)C3)c12. The Morgan fingerprint density at radius 1 is 1.29 bits per heavy atom. The second-order valence-corrected chi connectivity index (χ2v) is 12.0. The summed E-state index contributed by atoms with van der Waals surface area (Å²) in [4.78, 5) is 21.4. The van der Waals surface area contributed by atoms with Crippen molar-refractivity contribution >= 4 is 38.1 Å². The van der Waals surface area contributed by atoms with Crippen LogP contribution in [0.2, 0.25) is 0 Å². The van der Waals surface area contributed by atoms with Crippen molar-refractivity contribution in [1.29, 1.82) is 0 Å². The van der Waals surface area contributed by atoms with E-state index in [1.54, 1.807) is 16.0 Å². The van der Waals surface area contributed by atoms with Gasteiger partial charge < -0.3 is 4.90 Å². The molecule has 5 rings (SSSR count). The van der Waals surface area contributed by atoms with E-state index in [4.69, 9.17) is 4.98 Å². The Kier molecular flexibility index (Phi) is 5.13. The fraction of sp³-hybridized carbons (Fsp3) is 0.500. The number of thiophene rings is 1. The van der Waals surface area contributed by atoms with Crippen LogP contribution >= 0.6 is 11.3 Å². The lowest BCUT2D eigenvalue weighted by atomic mass is 9.98. The molecule has 7 nitrogen and oxygen atoms in total. The summed E-state index contributed by atoms with van der Waals surface area (Å²) >= 11 is 1.57. The van der Waals surface area contributed by atoms with Gasteiger partial charge in [0.25, 0.3) is 5.91 Å². The molecule has 0 unspecified atom stereocenters. The second-order valence-electron chi connectivity index (χ2n) is 8.82. The molecular formula is C22H26N4O3S2. The summed E-state index contributed by atoms with van der Waals surface area (Å²) in [5.41, 5.74) is 2.68. The predicted octanol–water partition coefficient (Wildman–Crippen LogP) is 3.70. The molecule has 0 aliphatic carbocycles. The first-order chi connectivity index (χ1) is 14.8. The molecule has 0 saturated carbocycles. The number of aryl methyl sites for hydroxylation is 1. The number of aromatic nitrogens is 3. The number of carbonyl (C=O) groups is 1. The van der Waals surface area contributed by atoms with E-state index in [1.807, 2.05) is 35.4 Å². The molecule has 5 heterocycles. The van der Waals surface area contributed by atoms with E-state index in [-0.39, 0.29) is 23.5 Å². The number of fused-ring (bicyclic) bond motifs is 1. The Morgan fingerprint density at radius 3 is 2.81 bits per heavy atom. The minimum absolute atomic E-state index is 0.0125. The van der Waals surface area contributed by atoms with E-state index in [9.17, 15) is 13.2 Å². The Bertz CT molecular complexity index is 1250. The molecule has 2 atom stereocenters. The van der Waals surface area contributed by atoms with E-state index in [2.05, 4.69) is 12.0 Å². The molecule has 0 bridgehead atoms. The maximum Gasteiger partial charge on any atom is 0.254 e. The Hall–Kier alpha value is -2.26. The van der Waals surface area contributed by atoms with Gasteiger partial charge in [-0.1, -0.05) is 13.0 Å². The van der Waals surface area contributed by atoms with Crippen LogP contribution in [0.15, 0.2) is 23.6 Å². The van der Waals surface area contributed by atoms with E-state index in [1.165, 1.54) is 0 Å². The standard InChI is InChI=1S/C22H26N4O3S2/c1-14-5-3-8-25(12-14)22(27)17-11-18(19-6-4-9-30-19)23-21-20(17)15(2)24-26(21)16-7-10-31(28,29)13-16/h4,6,9,11,14,16H,3,5,7-8,10,12-13H2,1-2H3/t14-,16+/m0/s1. The van der Waals surface area contributed by atoms with Crippen molar-refractivity contribution < 1.29 is 13.2 Å². The summed E-state index contributed by atoms with van der Waals surface area (Å²) in [5, 5.41) is 7.42. The van der Waals surface area contributed by atoms with Gasteiger partial charge in [0.15, 0.2) is 15.5 Å². The summed E-state index contributed by atoms with van der Waals surface area (Å²) in [6, 6.07) is 5.60. The van der Waals surface area contributed by atoms with Crippen molar-refractivity contribution in [3.8, 4) is 10.6 Å². The highest BCUT2D eigenvalue weighted by atomic mass is 32.2. The van der Waals surface area contributed by atoms with Crippen LogP contribution in [-0.4, -0.2) is 58.6 Å². The molecule has 0 N–H and O–H groups in total. The molecule has 3 aromatic rings. The molecule has 2 saturated heterocycles. The maximum atomic E-state index is 13.6. The molecule has 31 heavy (non-hydrogen) atoms. The van der Waals surface area contributed by atoms with E-state index in [0.717, 1.165) is 47.6 Å². The maximum absolute atomic E-state index is 13.6. The minimum atomic E-state index is -3.07. The second kappa shape index (κ2) is 7.70. The van der Waals surface area contributed by atoms with Gasteiger partial charge in [0.1, 0.15) is 0 Å². The average Bonchev–Trinajstić information content (AvgIpc) is 3.46. The summed E-state index contributed by atoms with van der Waals surface area (Å²) in [7, 11) is -3.07. The minimum Gasteiger partial charge on any atom is -0.338 e. The van der Waals surface area contributed by atoms with Crippen LogP contribution in [0.1, 0.15) is 48.3 Å². The topological polar surface area (TPSA) is 85.2 Å². The van der Waals surface area contributed by atoms with Crippen LogP contribution in [0.4, 0.5) is 0 Å². The number of nitrogens with zero attached hydrogens (tertiary/aromatic N) is 4. The first-order valence-electron chi connectivity index (χ1n) is 10.8. The van der Waals surface area contributed by atoms with Crippen molar-refractivity contribution in [1.82, 2.24) is 19.7 Å². The van der Waals surface area contributed by atoms with Gasteiger partial charge in [-0.05, 0) is 49.6 Å². The highest BCUT2D eigenvalue weighted by Crippen LogP contribution is 2.34. The first-order valence-corrected chi connectivity index (χ1v) is 13.5. The van der Waals surface area contributed by atoms with Crippen LogP contribution in [0.3, 0.4) is 0 Å². The van der Waals surface area contributed by atoms with Crippen molar-refractivity contribution in [3.05, 3.63) is 34.8 Å². The third kappa shape index (κ3) is 3.78. The van der Waals surface area contributed by atoms with Crippen molar-refractivity contribution in [2.24, 2.45) is 5.92 Å². The molecule has 9 heteroatoms. The highest BCUT2D eigenvalue weighted by molar-refractivity contribution is 7.91. The van der Waals surface area contributed by atoms with E-state index in [0.29, 0.717) is 23.5 Å². The number of amides is 1. The molecule has 2 aliphatic heterocycles. The van der Waals surface area contributed by atoms with Crippen LogP contribution in [0, 0.1) is 12.8 Å². The third-order valence-corrected chi connectivity index (χ3v) is 8.98. The molecule has 3 aromatic heterocycles.